The first kappa shape index (κ1) is 20.0. The SMILES string of the molecule is CCc1ccc(C(=O)CCC(=O)N2CCN(C3CCS(=O)(=O)C3)CC2)cc1. The van der Waals surface area contributed by atoms with Crippen molar-refractivity contribution in [2.45, 2.75) is 38.6 Å². The molecule has 6 nitrogen and oxygen atoms in total. The second-order valence-corrected chi connectivity index (χ2v) is 9.68. The molecule has 2 aliphatic rings. The third-order valence-electron chi connectivity index (χ3n) is 5.64. The highest BCUT2D eigenvalue weighted by Gasteiger charge is 2.34. The van der Waals surface area contributed by atoms with E-state index in [0.717, 1.165) is 6.42 Å². The van der Waals surface area contributed by atoms with Crippen LogP contribution >= 0.6 is 0 Å². The van der Waals surface area contributed by atoms with E-state index in [4.69, 9.17) is 0 Å². The fraction of sp³-hybridized carbons (Fsp3) is 0.600. The molecule has 0 N–H and O–H groups in total. The molecule has 2 fully saturated rings. The van der Waals surface area contributed by atoms with Crippen molar-refractivity contribution in [2.75, 3.05) is 37.7 Å². The van der Waals surface area contributed by atoms with Crippen LogP contribution in [0.1, 0.15) is 42.1 Å². The summed E-state index contributed by atoms with van der Waals surface area (Å²) in [5.41, 5.74) is 1.85. The van der Waals surface area contributed by atoms with Crippen LogP contribution in [-0.2, 0) is 21.1 Å². The Kier molecular flexibility index (Phi) is 6.32. The second-order valence-electron chi connectivity index (χ2n) is 7.45. The van der Waals surface area contributed by atoms with E-state index in [1.54, 1.807) is 4.90 Å². The van der Waals surface area contributed by atoms with Crippen LogP contribution in [0.2, 0.25) is 0 Å². The van der Waals surface area contributed by atoms with E-state index in [0.29, 0.717) is 38.2 Å². The van der Waals surface area contributed by atoms with Crippen molar-refractivity contribution < 1.29 is 18.0 Å². The summed E-state index contributed by atoms with van der Waals surface area (Å²) in [5, 5.41) is 0. The minimum absolute atomic E-state index is 0.000742. The molecule has 1 unspecified atom stereocenters. The topological polar surface area (TPSA) is 74.8 Å². The Morgan fingerprint density at radius 1 is 1.04 bits per heavy atom. The van der Waals surface area contributed by atoms with Gasteiger partial charge < -0.3 is 4.90 Å². The molecule has 2 heterocycles. The summed E-state index contributed by atoms with van der Waals surface area (Å²) in [6.45, 7) is 4.70. The molecule has 0 bridgehead atoms. The van der Waals surface area contributed by atoms with Crippen molar-refractivity contribution in [3.8, 4) is 0 Å². The van der Waals surface area contributed by atoms with Crippen LogP contribution in [0.3, 0.4) is 0 Å². The van der Waals surface area contributed by atoms with Gasteiger partial charge in [-0.25, -0.2) is 8.42 Å². The Labute approximate surface area is 161 Å². The Morgan fingerprint density at radius 2 is 1.70 bits per heavy atom. The Balaban J connectivity index is 1.43. The molecule has 1 aromatic carbocycles. The van der Waals surface area contributed by atoms with Crippen LogP contribution in [0.25, 0.3) is 0 Å². The van der Waals surface area contributed by atoms with Gasteiger partial charge in [0, 0.05) is 50.6 Å². The molecule has 0 aromatic heterocycles. The first-order valence-electron chi connectivity index (χ1n) is 9.72. The van der Waals surface area contributed by atoms with Crippen molar-refractivity contribution in [3.05, 3.63) is 35.4 Å². The van der Waals surface area contributed by atoms with Gasteiger partial charge in [0.2, 0.25) is 5.91 Å². The van der Waals surface area contributed by atoms with Crippen LogP contribution in [0.15, 0.2) is 24.3 Å². The summed E-state index contributed by atoms with van der Waals surface area (Å²) >= 11 is 0. The summed E-state index contributed by atoms with van der Waals surface area (Å²) < 4.78 is 23.3. The third-order valence-corrected chi connectivity index (χ3v) is 7.39. The third kappa shape index (κ3) is 5.17. The number of aryl methyl sites for hydroxylation is 1. The second kappa shape index (κ2) is 8.52. The lowest BCUT2D eigenvalue weighted by atomic mass is 10.0. The molecule has 1 atom stereocenters. The molecule has 0 saturated carbocycles. The molecule has 2 aliphatic heterocycles. The molecule has 3 rings (SSSR count). The molecule has 0 radical (unpaired) electrons. The lowest BCUT2D eigenvalue weighted by molar-refractivity contribution is -0.133. The fourth-order valence-corrected chi connectivity index (χ4v) is 5.61. The summed E-state index contributed by atoms with van der Waals surface area (Å²) in [7, 11) is -2.88. The molecule has 1 aromatic rings. The van der Waals surface area contributed by atoms with E-state index in [9.17, 15) is 18.0 Å². The first-order chi connectivity index (χ1) is 12.9. The number of hydrogen-bond acceptors (Lipinski definition) is 5. The molecule has 7 heteroatoms. The summed E-state index contributed by atoms with van der Waals surface area (Å²) in [4.78, 5) is 28.7. The van der Waals surface area contributed by atoms with Gasteiger partial charge >= 0.3 is 0 Å². The van der Waals surface area contributed by atoms with Gasteiger partial charge in [0.05, 0.1) is 11.5 Å². The number of nitrogens with zero attached hydrogens (tertiary/aromatic N) is 2. The minimum Gasteiger partial charge on any atom is -0.340 e. The van der Waals surface area contributed by atoms with Crippen LogP contribution in [0.4, 0.5) is 0 Å². The number of ketones is 1. The molecule has 148 valence electrons. The van der Waals surface area contributed by atoms with Gasteiger partial charge in [0.1, 0.15) is 0 Å². The molecule has 1 amide bonds. The zero-order valence-electron chi connectivity index (χ0n) is 15.9. The molecule has 27 heavy (non-hydrogen) atoms. The van der Waals surface area contributed by atoms with Crippen molar-refractivity contribution in [1.82, 2.24) is 9.80 Å². The number of amides is 1. The summed E-state index contributed by atoms with van der Waals surface area (Å²) in [6.07, 6.45) is 2.09. The highest BCUT2D eigenvalue weighted by molar-refractivity contribution is 7.91. The normalized spacial score (nSPS) is 22.7. The standard InChI is InChI=1S/C20H28N2O4S/c1-2-16-3-5-17(6-4-16)19(23)7-8-20(24)22-12-10-21(11-13-22)18-9-14-27(25,26)15-18/h3-6,18H,2,7-15H2,1H3. The fourth-order valence-electron chi connectivity index (χ4n) is 3.85. The maximum absolute atomic E-state index is 12.4. The number of Topliss-reactive ketones (excluding diaryl/α,β-unsaturated/α-hetero) is 1. The predicted octanol–water partition coefficient (Wildman–Crippen LogP) is 1.54. The summed E-state index contributed by atoms with van der Waals surface area (Å²) in [5.74, 6) is 0.526. The van der Waals surface area contributed by atoms with Crippen molar-refractivity contribution in [1.29, 1.82) is 0 Å². The first-order valence-corrected chi connectivity index (χ1v) is 11.5. The molecule has 0 aliphatic carbocycles. The van der Waals surface area contributed by atoms with Crippen molar-refractivity contribution in [3.63, 3.8) is 0 Å². The summed E-state index contributed by atoms with van der Waals surface area (Å²) in [6, 6.07) is 7.68. The maximum atomic E-state index is 12.4. The van der Waals surface area contributed by atoms with Crippen molar-refractivity contribution in [2.24, 2.45) is 0 Å². The molecular formula is C20H28N2O4S. The van der Waals surface area contributed by atoms with E-state index in [1.807, 2.05) is 24.3 Å². The van der Waals surface area contributed by atoms with E-state index >= 15 is 0 Å². The number of benzene rings is 1. The maximum Gasteiger partial charge on any atom is 0.223 e. The lowest BCUT2D eigenvalue weighted by Gasteiger charge is -2.37. The van der Waals surface area contributed by atoms with Gasteiger partial charge in [0.25, 0.3) is 0 Å². The van der Waals surface area contributed by atoms with Gasteiger partial charge in [-0.05, 0) is 18.4 Å². The van der Waals surface area contributed by atoms with Crippen LogP contribution in [0, 0.1) is 0 Å². The number of carbonyl (C=O) groups is 2. The Hall–Kier alpha value is -1.73. The van der Waals surface area contributed by atoms with Gasteiger partial charge in [-0.15, -0.1) is 0 Å². The van der Waals surface area contributed by atoms with Gasteiger partial charge in [0.15, 0.2) is 15.6 Å². The quantitative estimate of drug-likeness (QED) is 0.687. The monoisotopic (exact) mass is 392 g/mol. The van der Waals surface area contributed by atoms with E-state index in [2.05, 4.69) is 11.8 Å². The zero-order chi connectivity index (χ0) is 19.4. The average Bonchev–Trinajstić information content (AvgIpc) is 3.05. The number of sulfone groups is 1. The van der Waals surface area contributed by atoms with Gasteiger partial charge in [-0.2, -0.15) is 0 Å². The van der Waals surface area contributed by atoms with Crippen LogP contribution < -0.4 is 0 Å². The smallest absolute Gasteiger partial charge is 0.223 e. The van der Waals surface area contributed by atoms with E-state index in [-0.39, 0.29) is 42.1 Å². The molecule has 0 spiro atoms. The number of hydrogen-bond donors (Lipinski definition) is 0. The number of piperazine rings is 1. The molecular weight excluding hydrogens is 364 g/mol. The Morgan fingerprint density at radius 3 is 2.26 bits per heavy atom. The Bertz CT molecular complexity index is 781. The largest absolute Gasteiger partial charge is 0.340 e. The van der Waals surface area contributed by atoms with E-state index < -0.39 is 9.84 Å². The van der Waals surface area contributed by atoms with E-state index in [1.165, 1.54) is 5.56 Å². The lowest BCUT2D eigenvalue weighted by Crippen LogP contribution is -2.52. The molecule has 2 saturated heterocycles. The average molecular weight is 393 g/mol. The zero-order valence-corrected chi connectivity index (χ0v) is 16.7. The number of carbonyl (C=O) groups excluding carboxylic acids is 2. The van der Waals surface area contributed by atoms with Crippen LogP contribution in [0.5, 0.6) is 0 Å². The highest BCUT2D eigenvalue weighted by Crippen LogP contribution is 2.19. The number of rotatable bonds is 6. The van der Waals surface area contributed by atoms with Gasteiger partial charge in [-0.1, -0.05) is 31.2 Å². The van der Waals surface area contributed by atoms with Gasteiger partial charge in [-0.3, -0.25) is 14.5 Å². The minimum atomic E-state index is -2.88. The highest BCUT2D eigenvalue weighted by atomic mass is 32.2. The van der Waals surface area contributed by atoms with Crippen molar-refractivity contribution >= 4 is 21.5 Å². The predicted molar refractivity (Wildman–Crippen MR) is 105 cm³/mol. The van der Waals surface area contributed by atoms with Crippen LogP contribution in [-0.4, -0.2) is 73.6 Å².